The zero-order valence-electron chi connectivity index (χ0n) is 15.9. The van der Waals surface area contributed by atoms with E-state index >= 15 is 0 Å². The monoisotopic (exact) mass is 383 g/mol. The molecule has 7 heteroatoms. The summed E-state index contributed by atoms with van der Waals surface area (Å²) in [4.78, 5) is 26.3. The molecule has 7 nitrogen and oxygen atoms in total. The molecule has 0 aromatic heterocycles. The van der Waals surface area contributed by atoms with Gasteiger partial charge >= 0.3 is 11.9 Å². The topological polar surface area (TPSA) is 74.3 Å². The van der Waals surface area contributed by atoms with Crippen LogP contribution in [-0.2, 0) is 23.8 Å². The maximum absolute atomic E-state index is 12.5. The highest BCUT2D eigenvalue weighted by atomic mass is 16.5. The number of anilines is 1. The maximum Gasteiger partial charge on any atom is 0.355 e. The molecule has 0 spiro atoms. The Bertz CT molecular complexity index is 906. The summed E-state index contributed by atoms with van der Waals surface area (Å²) in [6, 6.07) is 14.8. The summed E-state index contributed by atoms with van der Waals surface area (Å²) in [5.41, 5.74) is 1.60. The summed E-state index contributed by atoms with van der Waals surface area (Å²) < 4.78 is 21.4. The molecule has 0 saturated heterocycles. The molecule has 2 aromatic rings. The highest BCUT2D eigenvalue weighted by Gasteiger charge is 2.34. The molecule has 0 N–H and O–H groups in total. The zero-order chi connectivity index (χ0) is 20.1. The molecule has 1 aliphatic rings. The predicted octanol–water partition coefficient (Wildman–Crippen LogP) is 3.18. The van der Waals surface area contributed by atoms with Gasteiger partial charge in [0.05, 0.1) is 32.1 Å². The molecule has 146 valence electrons. The van der Waals surface area contributed by atoms with Crippen molar-refractivity contribution in [2.24, 2.45) is 0 Å². The number of rotatable bonds is 5. The second-order valence-electron chi connectivity index (χ2n) is 6.05. The number of para-hydroxylation sites is 2. The second kappa shape index (κ2) is 8.58. The van der Waals surface area contributed by atoms with Crippen LogP contribution in [0.1, 0.15) is 5.56 Å². The van der Waals surface area contributed by atoms with Gasteiger partial charge in [0.2, 0.25) is 0 Å². The Morgan fingerprint density at radius 1 is 0.964 bits per heavy atom. The first-order chi connectivity index (χ1) is 13.6. The number of hydrogen-bond acceptors (Lipinski definition) is 7. The minimum atomic E-state index is -0.657. The van der Waals surface area contributed by atoms with E-state index in [9.17, 15) is 9.59 Å². The van der Waals surface area contributed by atoms with E-state index in [2.05, 4.69) is 0 Å². The van der Waals surface area contributed by atoms with Crippen LogP contribution in [0.5, 0.6) is 11.5 Å². The molecule has 0 atom stereocenters. The standard InChI is InChI=1S/C21H21NO6/c1-14-8-7-11-17(19(14)28-15-9-5-4-6-10-15)22-13-27-12-16(20(23)25-2)18(22)21(24)26-3/h4-11H,12-13H2,1-3H3. The number of nitrogens with zero attached hydrogens (tertiary/aromatic N) is 1. The normalized spacial score (nSPS) is 13.9. The fourth-order valence-electron chi connectivity index (χ4n) is 2.92. The quantitative estimate of drug-likeness (QED) is 0.734. The van der Waals surface area contributed by atoms with Crippen LogP contribution in [0.2, 0.25) is 0 Å². The van der Waals surface area contributed by atoms with Crippen molar-refractivity contribution in [2.75, 3.05) is 32.5 Å². The highest BCUT2D eigenvalue weighted by molar-refractivity contribution is 6.03. The van der Waals surface area contributed by atoms with Gasteiger partial charge < -0.3 is 23.8 Å². The third-order valence-electron chi connectivity index (χ3n) is 4.28. The molecular weight excluding hydrogens is 362 g/mol. The van der Waals surface area contributed by atoms with Crippen molar-refractivity contribution >= 4 is 17.6 Å². The number of ether oxygens (including phenoxy) is 4. The summed E-state index contributed by atoms with van der Waals surface area (Å²) >= 11 is 0. The number of carbonyl (C=O) groups is 2. The lowest BCUT2D eigenvalue weighted by molar-refractivity contribution is -0.140. The molecule has 0 amide bonds. The smallest absolute Gasteiger partial charge is 0.355 e. The molecular formula is C21H21NO6. The SMILES string of the molecule is COC(=O)C1=C(C(=O)OC)N(c2cccc(C)c2Oc2ccccc2)COC1. The van der Waals surface area contributed by atoms with Crippen LogP contribution in [0.15, 0.2) is 59.8 Å². The van der Waals surface area contributed by atoms with Gasteiger partial charge in [-0.2, -0.15) is 0 Å². The minimum absolute atomic E-state index is 0.0473. The van der Waals surface area contributed by atoms with Crippen LogP contribution in [0.25, 0.3) is 0 Å². The van der Waals surface area contributed by atoms with Gasteiger partial charge in [-0.25, -0.2) is 9.59 Å². The summed E-state index contributed by atoms with van der Waals surface area (Å²) in [6.45, 7) is 1.91. The molecule has 0 saturated carbocycles. The van der Waals surface area contributed by atoms with Gasteiger partial charge in [0, 0.05) is 0 Å². The summed E-state index contributed by atoms with van der Waals surface area (Å²) in [5, 5.41) is 0. The number of carbonyl (C=O) groups excluding carboxylic acids is 2. The van der Waals surface area contributed by atoms with E-state index in [1.165, 1.54) is 14.2 Å². The summed E-state index contributed by atoms with van der Waals surface area (Å²) in [6.07, 6.45) is 0. The lowest BCUT2D eigenvalue weighted by Crippen LogP contribution is -2.39. The maximum atomic E-state index is 12.5. The Hall–Kier alpha value is -3.32. The first kappa shape index (κ1) is 19.4. The van der Waals surface area contributed by atoms with Gasteiger partial charge in [-0.1, -0.05) is 30.3 Å². The Morgan fingerprint density at radius 3 is 2.36 bits per heavy atom. The lowest BCUT2D eigenvalue weighted by atomic mass is 10.1. The van der Waals surface area contributed by atoms with Crippen molar-refractivity contribution in [3.8, 4) is 11.5 Å². The van der Waals surface area contributed by atoms with Gasteiger partial charge in [0.15, 0.2) is 5.75 Å². The molecule has 2 aromatic carbocycles. The minimum Gasteiger partial charge on any atom is -0.466 e. The van der Waals surface area contributed by atoms with Gasteiger partial charge in [-0.3, -0.25) is 0 Å². The molecule has 28 heavy (non-hydrogen) atoms. The van der Waals surface area contributed by atoms with Crippen molar-refractivity contribution in [3.63, 3.8) is 0 Å². The van der Waals surface area contributed by atoms with E-state index < -0.39 is 11.9 Å². The van der Waals surface area contributed by atoms with E-state index in [0.29, 0.717) is 17.2 Å². The number of esters is 2. The Morgan fingerprint density at radius 2 is 1.68 bits per heavy atom. The van der Waals surface area contributed by atoms with Crippen molar-refractivity contribution in [1.82, 2.24) is 0 Å². The molecule has 1 aliphatic heterocycles. The first-order valence-electron chi connectivity index (χ1n) is 8.64. The first-order valence-corrected chi connectivity index (χ1v) is 8.64. The fourth-order valence-corrected chi connectivity index (χ4v) is 2.92. The van der Waals surface area contributed by atoms with Crippen molar-refractivity contribution in [3.05, 3.63) is 65.4 Å². The Balaban J connectivity index is 2.12. The van der Waals surface area contributed by atoms with Crippen LogP contribution >= 0.6 is 0 Å². The number of aryl methyl sites for hydroxylation is 1. The summed E-state index contributed by atoms with van der Waals surface area (Å²) in [7, 11) is 2.51. The highest BCUT2D eigenvalue weighted by Crippen LogP contribution is 2.38. The average molecular weight is 383 g/mol. The van der Waals surface area contributed by atoms with Crippen molar-refractivity contribution in [1.29, 1.82) is 0 Å². The number of methoxy groups -OCH3 is 2. The number of hydrogen-bond donors (Lipinski definition) is 0. The van der Waals surface area contributed by atoms with Gasteiger partial charge in [0.25, 0.3) is 0 Å². The number of benzene rings is 2. The van der Waals surface area contributed by atoms with E-state index in [1.54, 1.807) is 11.0 Å². The van der Waals surface area contributed by atoms with Crippen LogP contribution < -0.4 is 9.64 Å². The Kier molecular flexibility index (Phi) is 5.96. The van der Waals surface area contributed by atoms with Crippen LogP contribution in [0.4, 0.5) is 5.69 Å². The summed E-state index contributed by atoms with van der Waals surface area (Å²) in [5.74, 6) is -0.114. The molecule has 0 fully saturated rings. The fraction of sp³-hybridized carbons (Fsp3) is 0.238. The van der Waals surface area contributed by atoms with Gasteiger partial charge in [-0.15, -0.1) is 0 Å². The van der Waals surface area contributed by atoms with Crippen molar-refractivity contribution < 1.29 is 28.5 Å². The van der Waals surface area contributed by atoms with E-state index in [0.717, 1.165) is 5.56 Å². The van der Waals surface area contributed by atoms with E-state index in [4.69, 9.17) is 18.9 Å². The van der Waals surface area contributed by atoms with E-state index in [-0.39, 0.29) is 24.6 Å². The molecule has 0 bridgehead atoms. The molecule has 0 radical (unpaired) electrons. The lowest BCUT2D eigenvalue weighted by Gasteiger charge is -2.32. The Labute approximate surface area is 163 Å². The largest absolute Gasteiger partial charge is 0.466 e. The predicted molar refractivity (Wildman–Crippen MR) is 102 cm³/mol. The molecule has 0 aliphatic carbocycles. The van der Waals surface area contributed by atoms with E-state index in [1.807, 2.05) is 49.4 Å². The van der Waals surface area contributed by atoms with Crippen LogP contribution in [0, 0.1) is 6.92 Å². The molecule has 1 heterocycles. The third kappa shape index (κ3) is 3.84. The third-order valence-corrected chi connectivity index (χ3v) is 4.28. The van der Waals surface area contributed by atoms with Crippen LogP contribution in [-0.4, -0.2) is 39.5 Å². The average Bonchev–Trinajstić information content (AvgIpc) is 2.74. The van der Waals surface area contributed by atoms with Gasteiger partial charge in [0.1, 0.15) is 18.2 Å². The second-order valence-corrected chi connectivity index (χ2v) is 6.05. The zero-order valence-corrected chi connectivity index (χ0v) is 15.9. The van der Waals surface area contributed by atoms with Gasteiger partial charge in [-0.05, 0) is 30.7 Å². The van der Waals surface area contributed by atoms with Crippen molar-refractivity contribution in [2.45, 2.75) is 6.92 Å². The molecule has 0 unspecified atom stereocenters. The molecule has 3 rings (SSSR count). The van der Waals surface area contributed by atoms with Crippen LogP contribution in [0.3, 0.4) is 0 Å².